The number of anilines is 2. The van der Waals surface area contributed by atoms with Crippen LogP contribution >= 0.6 is 0 Å². The molecular weight excluding hydrogens is 314 g/mol. The van der Waals surface area contributed by atoms with Crippen LogP contribution in [0.1, 0.15) is 11.3 Å². The van der Waals surface area contributed by atoms with Gasteiger partial charge in [0.25, 0.3) is 0 Å². The molecule has 0 saturated carbocycles. The number of hydrogen-bond donors (Lipinski definition) is 1. The lowest BCUT2D eigenvalue weighted by molar-refractivity contribution is 0.219. The molecule has 2 aromatic rings. The molecular formula is C19H23N5O. The highest BCUT2D eigenvalue weighted by atomic mass is 16.2. The average Bonchev–Trinajstić information content (AvgIpc) is 3.16. The first-order valence-electron chi connectivity index (χ1n) is 8.76. The van der Waals surface area contributed by atoms with E-state index in [2.05, 4.69) is 20.2 Å². The van der Waals surface area contributed by atoms with Gasteiger partial charge in [0.05, 0.1) is 0 Å². The molecule has 0 aliphatic carbocycles. The molecule has 6 heteroatoms. The number of likely N-dealkylation sites (tertiary alicyclic amines) is 1. The summed E-state index contributed by atoms with van der Waals surface area (Å²) < 4.78 is 0. The van der Waals surface area contributed by atoms with Crippen molar-refractivity contribution in [2.75, 3.05) is 36.4 Å². The minimum Gasteiger partial charge on any atom is -0.340 e. The number of nitrogens with zero attached hydrogens (tertiary/aromatic N) is 4. The number of aryl methyl sites for hydroxylation is 2. The highest BCUT2D eigenvalue weighted by Crippen LogP contribution is 2.33. The smallest absolute Gasteiger partial charge is 0.321 e. The van der Waals surface area contributed by atoms with Crippen LogP contribution in [-0.2, 0) is 0 Å². The van der Waals surface area contributed by atoms with Gasteiger partial charge in [-0.15, -0.1) is 0 Å². The second-order valence-electron chi connectivity index (χ2n) is 7.07. The number of para-hydroxylation sites is 1. The zero-order chi connectivity index (χ0) is 17.4. The quantitative estimate of drug-likeness (QED) is 0.915. The van der Waals surface area contributed by atoms with E-state index >= 15 is 0 Å². The molecule has 2 aliphatic rings. The minimum atomic E-state index is 0.00190. The maximum Gasteiger partial charge on any atom is 0.321 e. The van der Waals surface area contributed by atoms with Gasteiger partial charge in [-0.25, -0.2) is 14.8 Å². The van der Waals surface area contributed by atoms with E-state index in [1.807, 2.05) is 55.3 Å². The summed E-state index contributed by atoms with van der Waals surface area (Å²) in [7, 11) is 0. The second-order valence-corrected chi connectivity index (χ2v) is 7.07. The van der Waals surface area contributed by atoms with Gasteiger partial charge >= 0.3 is 6.03 Å². The number of carbonyl (C=O) groups is 1. The van der Waals surface area contributed by atoms with E-state index < -0.39 is 0 Å². The summed E-state index contributed by atoms with van der Waals surface area (Å²) >= 11 is 0. The molecule has 2 aliphatic heterocycles. The van der Waals surface area contributed by atoms with Crippen molar-refractivity contribution in [1.29, 1.82) is 0 Å². The number of rotatable bonds is 2. The van der Waals surface area contributed by atoms with Crippen molar-refractivity contribution in [1.82, 2.24) is 14.9 Å². The number of urea groups is 1. The van der Waals surface area contributed by atoms with E-state index in [0.717, 1.165) is 49.1 Å². The van der Waals surface area contributed by atoms with Crippen LogP contribution in [0.5, 0.6) is 0 Å². The lowest BCUT2D eigenvalue weighted by Crippen LogP contribution is -2.36. The van der Waals surface area contributed by atoms with Crippen molar-refractivity contribution < 1.29 is 4.79 Å². The van der Waals surface area contributed by atoms with Crippen LogP contribution in [0.15, 0.2) is 36.5 Å². The summed E-state index contributed by atoms with van der Waals surface area (Å²) in [6, 6.07) is 9.79. The first-order valence-corrected chi connectivity index (χ1v) is 8.76. The molecule has 1 N–H and O–H groups in total. The van der Waals surface area contributed by atoms with Crippen molar-refractivity contribution in [3.63, 3.8) is 0 Å². The molecule has 6 nitrogen and oxygen atoms in total. The number of carbonyl (C=O) groups excluding carboxylic acids is 1. The van der Waals surface area contributed by atoms with Crippen LogP contribution in [0.2, 0.25) is 0 Å². The number of hydrogen-bond acceptors (Lipinski definition) is 4. The zero-order valence-electron chi connectivity index (χ0n) is 14.6. The van der Waals surface area contributed by atoms with Gasteiger partial charge < -0.3 is 15.1 Å². The number of amides is 2. The molecule has 4 rings (SSSR count). The van der Waals surface area contributed by atoms with Gasteiger partial charge in [0.2, 0.25) is 5.95 Å². The molecule has 25 heavy (non-hydrogen) atoms. The van der Waals surface area contributed by atoms with Crippen molar-refractivity contribution in [3.8, 4) is 0 Å². The van der Waals surface area contributed by atoms with Crippen LogP contribution in [0.3, 0.4) is 0 Å². The fourth-order valence-electron chi connectivity index (χ4n) is 3.82. The van der Waals surface area contributed by atoms with Crippen molar-refractivity contribution in [2.24, 2.45) is 11.8 Å². The Bertz CT molecular complexity index is 779. The Morgan fingerprint density at radius 3 is 2.48 bits per heavy atom. The van der Waals surface area contributed by atoms with Crippen LogP contribution in [-0.4, -0.2) is 47.1 Å². The van der Waals surface area contributed by atoms with Crippen LogP contribution < -0.4 is 10.2 Å². The maximum atomic E-state index is 12.6. The molecule has 0 radical (unpaired) electrons. The Hall–Kier alpha value is -2.63. The summed E-state index contributed by atoms with van der Waals surface area (Å²) in [6.07, 6.45) is 1.81. The lowest BCUT2D eigenvalue weighted by Gasteiger charge is -2.22. The van der Waals surface area contributed by atoms with Gasteiger partial charge in [0.15, 0.2) is 0 Å². The average molecular weight is 337 g/mol. The van der Waals surface area contributed by atoms with E-state index in [-0.39, 0.29) is 6.03 Å². The Morgan fingerprint density at radius 1 is 1.08 bits per heavy atom. The summed E-state index contributed by atoms with van der Waals surface area (Å²) in [5.41, 5.74) is 2.96. The van der Waals surface area contributed by atoms with Crippen molar-refractivity contribution >= 4 is 17.7 Å². The molecule has 2 atom stereocenters. The highest BCUT2D eigenvalue weighted by Gasteiger charge is 2.42. The maximum absolute atomic E-state index is 12.6. The number of aromatic nitrogens is 2. The SMILES string of the molecule is Cc1ccnc(N2CC3CN(C(=O)Nc4ccccc4C)CC3C2)n1. The predicted octanol–water partition coefficient (Wildman–Crippen LogP) is 2.69. The fraction of sp³-hybridized carbons (Fsp3) is 0.421. The zero-order valence-corrected chi connectivity index (χ0v) is 14.6. The molecule has 2 unspecified atom stereocenters. The largest absolute Gasteiger partial charge is 0.340 e. The van der Waals surface area contributed by atoms with Crippen molar-refractivity contribution in [2.45, 2.75) is 13.8 Å². The monoisotopic (exact) mass is 337 g/mol. The first-order chi connectivity index (χ1) is 12.1. The molecule has 1 aromatic heterocycles. The van der Waals surface area contributed by atoms with E-state index in [1.165, 1.54) is 0 Å². The molecule has 130 valence electrons. The molecule has 1 aromatic carbocycles. The van der Waals surface area contributed by atoms with E-state index in [4.69, 9.17) is 0 Å². The standard InChI is InChI=1S/C19H23N5O/c1-13-5-3-4-6-17(13)22-19(25)24-11-15-9-23(10-16(15)12-24)18-20-8-7-14(2)21-18/h3-8,15-16H,9-12H2,1-2H3,(H,22,25). The van der Waals surface area contributed by atoms with Crippen molar-refractivity contribution in [3.05, 3.63) is 47.8 Å². The Morgan fingerprint density at radius 2 is 1.80 bits per heavy atom. The minimum absolute atomic E-state index is 0.00190. The highest BCUT2D eigenvalue weighted by molar-refractivity contribution is 5.90. The van der Waals surface area contributed by atoms with E-state index in [0.29, 0.717) is 11.8 Å². The van der Waals surface area contributed by atoms with Gasteiger partial charge in [-0.2, -0.15) is 0 Å². The number of fused-ring (bicyclic) bond motifs is 1. The van der Waals surface area contributed by atoms with Gasteiger partial charge in [-0.3, -0.25) is 0 Å². The van der Waals surface area contributed by atoms with Gasteiger partial charge in [0.1, 0.15) is 0 Å². The molecule has 2 fully saturated rings. The molecule has 0 spiro atoms. The summed E-state index contributed by atoms with van der Waals surface area (Å²) in [5.74, 6) is 1.80. The van der Waals surface area contributed by atoms with E-state index in [1.54, 1.807) is 0 Å². The number of nitrogens with one attached hydrogen (secondary N) is 1. The molecule has 3 heterocycles. The first kappa shape index (κ1) is 15.9. The third-order valence-electron chi connectivity index (χ3n) is 5.23. The molecule has 2 amide bonds. The lowest BCUT2D eigenvalue weighted by atomic mass is 10.0. The summed E-state index contributed by atoms with van der Waals surface area (Å²) in [5, 5.41) is 3.04. The molecule has 0 bridgehead atoms. The predicted molar refractivity (Wildman–Crippen MR) is 97.7 cm³/mol. The summed E-state index contributed by atoms with van der Waals surface area (Å²) in [6.45, 7) is 7.42. The fourth-order valence-corrected chi connectivity index (χ4v) is 3.82. The van der Waals surface area contributed by atoms with Crippen LogP contribution in [0.4, 0.5) is 16.4 Å². The van der Waals surface area contributed by atoms with Gasteiger partial charge in [-0.05, 0) is 31.5 Å². The Labute approximate surface area is 147 Å². The topological polar surface area (TPSA) is 61.4 Å². The third-order valence-corrected chi connectivity index (χ3v) is 5.23. The number of benzene rings is 1. The van der Waals surface area contributed by atoms with Crippen LogP contribution in [0, 0.1) is 25.7 Å². The second kappa shape index (κ2) is 6.35. The Balaban J connectivity index is 1.38. The summed E-state index contributed by atoms with van der Waals surface area (Å²) in [4.78, 5) is 25.7. The normalized spacial score (nSPS) is 22.2. The van der Waals surface area contributed by atoms with Gasteiger partial charge in [0, 0.05) is 55.6 Å². The van der Waals surface area contributed by atoms with E-state index in [9.17, 15) is 4.79 Å². The van der Waals surface area contributed by atoms with Gasteiger partial charge in [-0.1, -0.05) is 18.2 Å². The Kier molecular flexibility index (Phi) is 4.03. The van der Waals surface area contributed by atoms with Crippen LogP contribution in [0.25, 0.3) is 0 Å². The third kappa shape index (κ3) is 3.16. The molecule has 2 saturated heterocycles.